The lowest BCUT2D eigenvalue weighted by Crippen LogP contribution is -2.45. The molecule has 0 aliphatic heterocycles. The Morgan fingerprint density at radius 1 is 1.15 bits per heavy atom. The quantitative estimate of drug-likeness (QED) is 0.466. The highest BCUT2D eigenvalue weighted by atomic mass is 16.1. The number of rotatable bonds is 9. The average Bonchev–Trinajstić information content (AvgIpc) is 2.61. The number of hydrogen-bond acceptors (Lipinski definition) is 3. The number of guanidine groups is 1. The molecule has 0 unspecified atom stereocenters. The number of amides is 1. The van der Waals surface area contributed by atoms with Crippen molar-refractivity contribution in [2.75, 3.05) is 26.7 Å². The summed E-state index contributed by atoms with van der Waals surface area (Å²) in [6.45, 7) is 14.1. The predicted octanol–water partition coefficient (Wildman–Crippen LogP) is 2.22. The van der Waals surface area contributed by atoms with E-state index in [-0.39, 0.29) is 5.91 Å². The van der Waals surface area contributed by atoms with E-state index in [2.05, 4.69) is 60.5 Å². The van der Waals surface area contributed by atoms with Gasteiger partial charge in [0.1, 0.15) is 0 Å². The third-order valence-corrected chi connectivity index (χ3v) is 4.17. The van der Waals surface area contributed by atoms with Gasteiger partial charge in [-0.05, 0) is 52.3 Å². The van der Waals surface area contributed by atoms with Gasteiger partial charge in [-0.25, -0.2) is 4.99 Å². The smallest absolute Gasteiger partial charge is 0.251 e. The van der Waals surface area contributed by atoms with Crippen LogP contribution in [0.4, 0.5) is 0 Å². The van der Waals surface area contributed by atoms with Gasteiger partial charge in [0.05, 0.1) is 6.54 Å². The first-order valence-electron chi connectivity index (χ1n) is 9.48. The van der Waals surface area contributed by atoms with E-state index < -0.39 is 0 Å². The minimum atomic E-state index is -0.0803. The summed E-state index contributed by atoms with van der Waals surface area (Å²) in [4.78, 5) is 18.8. The molecule has 0 aliphatic carbocycles. The highest BCUT2D eigenvalue weighted by Crippen LogP contribution is 2.07. The van der Waals surface area contributed by atoms with Crippen LogP contribution in [0.5, 0.6) is 0 Å². The minimum absolute atomic E-state index is 0.0803. The first-order valence-corrected chi connectivity index (χ1v) is 9.48. The van der Waals surface area contributed by atoms with Crippen molar-refractivity contribution in [3.8, 4) is 0 Å². The Hall–Kier alpha value is -2.08. The zero-order valence-electron chi connectivity index (χ0n) is 17.1. The molecule has 26 heavy (non-hydrogen) atoms. The molecule has 0 spiro atoms. The van der Waals surface area contributed by atoms with Crippen LogP contribution >= 0.6 is 0 Å². The summed E-state index contributed by atoms with van der Waals surface area (Å²) >= 11 is 0. The van der Waals surface area contributed by atoms with E-state index in [0.717, 1.165) is 31.2 Å². The van der Waals surface area contributed by atoms with Gasteiger partial charge in [-0.3, -0.25) is 9.69 Å². The number of nitrogens with one attached hydrogen (secondary N) is 3. The van der Waals surface area contributed by atoms with Gasteiger partial charge in [-0.2, -0.15) is 0 Å². The maximum absolute atomic E-state index is 11.7. The highest BCUT2D eigenvalue weighted by molar-refractivity contribution is 5.94. The van der Waals surface area contributed by atoms with E-state index >= 15 is 0 Å². The zero-order valence-corrected chi connectivity index (χ0v) is 17.1. The third-order valence-electron chi connectivity index (χ3n) is 4.17. The molecule has 0 saturated heterocycles. The standard InChI is InChI=1S/C20H35N5O/c1-7-22-20(23-11-12-25(15(2)3)16(4)5)24-14-17-9-8-10-18(13-17)19(26)21-6/h8-10,13,15-16H,7,11-12,14H2,1-6H3,(H,21,26)(H2,22,23,24). The second kappa shape index (κ2) is 11.5. The van der Waals surface area contributed by atoms with Gasteiger partial charge < -0.3 is 16.0 Å². The Bertz CT molecular complexity index is 575. The van der Waals surface area contributed by atoms with Crippen molar-refractivity contribution in [3.63, 3.8) is 0 Å². The molecule has 0 bridgehead atoms. The van der Waals surface area contributed by atoms with E-state index in [1.807, 2.05) is 24.3 Å². The minimum Gasteiger partial charge on any atom is -0.357 e. The van der Waals surface area contributed by atoms with Crippen LogP contribution in [-0.2, 0) is 6.54 Å². The number of nitrogens with zero attached hydrogens (tertiary/aromatic N) is 2. The fourth-order valence-corrected chi connectivity index (χ4v) is 2.88. The van der Waals surface area contributed by atoms with Crippen LogP contribution in [0.3, 0.4) is 0 Å². The van der Waals surface area contributed by atoms with Crippen molar-refractivity contribution in [1.29, 1.82) is 0 Å². The second-order valence-electron chi connectivity index (χ2n) is 6.83. The SMILES string of the molecule is CCNC(=NCc1cccc(C(=O)NC)c1)NCCN(C(C)C)C(C)C. The first kappa shape index (κ1) is 22.0. The summed E-state index contributed by atoms with van der Waals surface area (Å²) in [6.07, 6.45) is 0. The van der Waals surface area contributed by atoms with E-state index in [0.29, 0.717) is 24.2 Å². The van der Waals surface area contributed by atoms with Crippen LogP contribution < -0.4 is 16.0 Å². The maximum Gasteiger partial charge on any atom is 0.251 e. The fraction of sp³-hybridized carbons (Fsp3) is 0.600. The lowest BCUT2D eigenvalue weighted by atomic mass is 10.1. The lowest BCUT2D eigenvalue weighted by molar-refractivity contribution is 0.0963. The number of hydrogen-bond donors (Lipinski definition) is 3. The summed E-state index contributed by atoms with van der Waals surface area (Å²) < 4.78 is 0. The van der Waals surface area contributed by atoms with Crippen molar-refractivity contribution >= 4 is 11.9 Å². The molecule has 1 aromatic rings. The number of benzene rings is 1. The largest absolute Gasteiger partial charge is 0.357 e. The zero-order chi connectivity index (χ0) is 19.5. The molecule has 3 N–H and O–H groups in total. The Morgan fingerprint density at radius 3 is 2.42 bits per heavy atom. The van der Waals surface area contributed by atoms with Gasteiger partial charge in [0.25, 0.3) is 5.91 Å². The van der Waals surface area contributed by atoms with Gasteiger partial charge in [0.2, 0.25) is 0 Å². The maximum atomic E-state index is 11.7. The molecule has 6 heteroatoms. The summed E-state index contributed by atoms with van der Waals surface area (Å²) in [7, 11) is 1.64. The Morgan fingerprint density at radius 2 is 1.85 bits per heavy atom. The highest BCUT2D eigenvalue weighted by Gasteiger charge is 2.12. The van der Waals surface area contributed by atoms with Crippen LogP contribution in [0.1, 0.15) is 50.5 Å². The van der Waals surface area contributed by atoms with E-state index in [4.69, 9.17) is 0 Å². The molecular weight excluding hydrogens is 326 g/mol. The van der Waals surface area contributed by atoms with Crippen molar-refractivity contribution in [2.45, 2.75) is 53.2 Å². The van der Waals surface area contributed by atoms with E-state index in [1.54, 1.807) is 7.05 Å². The van der Waals surface area contributed by atoms with Gasteiger partial charge in [-0.1, -0.05) is 12.1 Å². The molecule has 0 aromatic heterocycles. The molecule has 0 radical (unpaired) electrons. The number of carbonyl (C=O) groups excluding carboxylic acids is 1. The number of carbonyl (C=O) groups is 1. The van der Waals surface area contributed by atoms with Gasteiger partial charge >= 0.3 is 0 Å². The summed E-state index contributed by atoms with van der Waals surface area (Å²) in [5.41, 5.74) is 1.66. The molecule has 6 nitrogen and oxygen atoms in total. The Kier molecular flexibility index (Phi) is 9.73. The predicted molar refractivity (Wildman–Crippen MR) is 110 cm³/mol. The molecule has 1 amide bonds. The Balaban J connectivity index is 2.67. The molecule has 0 atom stereocenters. The summed E-state index contributed by atoms with van der Waals surface area (Å²) in [5, 5.41) is 9.32. The van der Waals surface area contributed by atoms with Crippen LogP contribution in [0.15, 0.2) is 29.3 Å². The van der Waals surface area contributed by atoms with Crippen LogP contribution in [-0.4, -0.2) is 55.5 Å². The lowest BCUT2D eigenvalue weighted by Gasteiger charge is -2.30. The molecule has 146 valence electrons. The van der Waals surface area contributed by atoms with Gasteiger partial charge in [-0.15, -0.1) is 0 Å². The topological polar surface area (TPSA) is 68.8 Å². The average molecular weight is 362 g/mol. The molecule has 0 heterocycles. The summed E-state index contributed by atoms with van der Waals surface area (Å²) in [6, 6.07) is 8.60. The van der Waals surface area contributed by atoms with Crippen molar-refractivity contribution in [2.24, 2.45) is 4.99 Å². The van der Waals surface area contributed by atoms with Crippen LogP contribution in [0, 0.1) is 0 Å². The van der Waals surface area contributed by atoms with Crippen molar-refractivity contribution in [3.05, 3.63) is 35.4 Å². The molecule has 1 rings (SSSR count). The first-order chi connectivity index (χ1) is 12.4. The number of aliphatic imine (C=N–C) groups is 1. The van der Waals surface area contributed by atoms with Gasteiger partial charge in [0.15, 0.2) is 5.96 Å². The molecular formula is C20H35N5O. The van der Waals surface area contributed by atoms with E-state index in [1.165, 1.54) is 0 Å². The molecule has 0 fully saturated rings. The van der Waals surface area contributed by atoms with Crippen molar-refractivity contribution in [1.82, 2.24) is 20.9 Å². The second-order valence-corrected chi connectivity index (χ2v) is 6.83. The normalized spacial score (nSPS) is 12.0. The van der Waals surface area contributed by atoms with Gasteiger partial charge in [0, 0.05) is 44.3 Å². The summed E-state index contributed by atoms with van der Waals surface area (Å²) in [5.74, 6) is 0.716. The molecule has 0 aliphatic rings. The Labute approximate surface area is 158 Å². The molecule has 0 saturated carbocycles. The molecule has 1 aromatic carbocycles. The van der Waals surface area contributed by atoms with Crippen molar-refractivity contribution < 1.29 is 4.79 Å². The monoisotopic (exact) mass is 361 g/mol. The van der Waals surface area contributed by atoms with E-state index in [9.17, 15) is 4.79 Å². The van der Waals surface area contributed by atoms with Crippen LogP contribution in [0.25, 0.3) is 0 Å². The fourth-order valence-electron chi connectivity index (χ4n) is 2.88. The van der Waals surface area contributed by atoms with Crippen LogP contribution in [0.2, 0.25) is 0 Å². The third kappa shape index (κ3) is 7.44.